The largest absolute Gasteiger partial charge is 0.332 e. The third-order valence-corrected chi connectivity index (χ3v) is 2.51. The van der Waals surface area contributed by atoms with Crippen LogP contribution in [0.4, 0.5) is 10.5 Å². The highest BCUT2D eigenvalue weighted by molar-refractivity contribution is 5.89. The van der Waals surface area contributed by atoms with Gasteiger partial charge in [0.15, 0.2) is 0 Å². The summed E-state index contributed by atoms with van der Waals surface area (Å²) in [6.07, 6.45) is 7.56. The topological polar surface area (TPSA) is 54.0 Å². The molecule has 0 aromatic carbocycles. The molecular formula is C14H21N3O. The molecule has 0 fully saturated rings. The highest BCUT2D eigenvalue weighted by Crippen LogP contribution is 2.06. The fourth-order valence-corrected chi connectivity index (χ4v) is 1.64. The Morgan fingerprint density at radius 2 is 2.28 bits per heavy atom. The molecule has 1 atom stereocenters. The molecule has 2 N–H and O–H groups in total. The second-order valence-electron chi connectivity index (χ2n) is 4.21. The molecule has 2 amide bonds. The van der Waals surface area contributed by atoms with Crippen LogP contribution >= 0.6 is 0 Å². The number of hydrogen-bond acceptors (Lipinski definition) is 2. The Morgan fingerprint density at radius 3 is 2.83 bits per heavy atom. The summed E-state index contributed by atoms with van der Waals surface area (Å²) in [6, 6.07) is 3.59. The Hall–Kier alpha value is -1.84. The van der Waals surface area contributed by atoms with Crippen molar-refractivity contribution in [1.82, 2.24) is 10.3 Å². The van der Waals surface area contributed by atoms with E-state index in [1.165, 1.54) is 0 Å². The lowest BCUT2D eigenvalue weighted by Crippen LogP contribution is -2.36. The summed E-state index contributed by atoms with van der Waals surface area (Å²) in [4.78, 5) is 15.9. The molecule has 1 unspecified atom stereocenters. The molecule has 1 heterocycles. The molecule has 1 aromatic heterocycles. The SMILES string of the molecule is CC=CC(CCC)NC(=O)Nc1ccc(C)nc1. The number of carbonyl (C=O) groups is 1. The van der Waals surface area contributed by atoms with Crippen molar-refractivity contribution in [2.24, 2.45) is 0 Å². The van der Waals surface area contributed by atoms with E-state index in [4.69, 9.17) is 0 Å². The van der Waals surface area contributed by atoms with E-state index in [2.05, 4.69) is 22.5 Å². The van der Waals surface area contributed by atoms with Crippen molar-refractivity contribution in [3.8, 4) is 0 Å². The van der Waals surface area contributed by atoms with Crippen molar-refractivity contribution >= 4 is 11.7 Å². The van der Waals surface area contributed by atoms with Crippen LogP contribution in [-0.4, -0.2) is 17.1 Å². The molecule has 0 spiro atoms. The predicted molar refractivity (Wildman–Crippen MR) is 74.6 cm³/mol. The minimum Gasteiger partial charge on any atom is -0.332 e. The van der Waals surface area contributed by atoms with Crippen molar-refractivity contribution < 1.29 is 4.79 Å². The number of rotatable bonds is 5. The summed E-state index contributed by atoms with van der Waals surface area (Å²) in [5.41, 5.74) is 1.63. The molecule has 4 nitrogen and oxygen atoms in total. The van der Waals surface area contributed by atoms with Crippen LogP contribution in [0.2, 0.25) is 0 Å². The minimum absolute atomic E-state index is 0.0819. The Morgan fingerprint density at radius 1 is 1.50 bits per heavy atom. The van der Waals surface area contributed by atoms with E-state index in [0.29, 0.717) is 5.69 Å². The number of pyridine rings is 1. The van der Waals surface area contributed by atoms with Crippen LogP contribution in [0.1, 0.15) is 32.4 Å². The lowest BCUT2D eigenvalue weighted by molar-refractivity contribution is 0.249. The number of nitrogens with zero attached hydrogens (tertiary/aromatic N) is 1. The zero-order chi connectivity index (χ0) is 13.4. The van der Waals surface area contributed by atoms with Crippen LogP contribution in [0.25, 0.3) is 0 Å². The van der Waals surface area contributed by atoms with E-state index in [-0.39, 0.29) is 12.1 Å². The molecule has 98 valence electrons. The summed E-state index contributed by atoms with van der Waals surface area (Å²) >= 11 is 0. The molecule has 0 radical (unpaired) electrons. The molecule has 4 heteroatoms. The van der Waals surface area contributed by atoms with Crippen LogP contribution in [-0.2, 0) is 0 Å². The average molecular weight is 247 g/mol. The number of nitrogens with one attached hydrogen (secondary N) is 2. The van der Waals surface area contributed by atoms with Crippen LogP contribution in [0, 0.1) is 6.92 Å². The van der Waals surface area contributed by atoms with Crippen molar-refractivity contribution in [1.29, 1.82) is 0 Å². The van der Waals surface area contributed by atoms with Gasteiger partial charge in [0.1, 0.15) is 0 Å². The van der Waals surface area contributed by atoms with Gasteiger partial charge in [0.25, 0.3) is 0 Å². The van der Waals surface area contributed by atoms with Gasteiger partial charge in [-0.15, -0.1) is 0 Å². The van der Waals surface area contributed by atoms with E-state index in [9.17, 15) is 4.79 Å². The number of carbonyl (C=O) groups excluding carboxylic acids is 1. The van der Waals surface area contributed by atoms with Crippen LogP contribution in [0.5, 0.6) is 0 Å². The Bertz CT molecular complexity index is 398. The predicted octanol–water partition coefficient (Wildman–Crippen LogP) is 3.26. The summed E-state index contributed by atoms with van der Waals surface area (Å²) in [5, 5.41) is 5.69. The van der Waals surface area contributed by atoms with E-state index >= 15 is 0 Å². The Kier molecular flexibility index (Phi) is 5.91. The van der Waals surface area contributed by atoms with Gasteiger partial charge in [-0.25, -0.2) is 4.79 Å². The maximum atomic E-state index is 11.8. The monoisotopic (exact) mass is 247 g/mol. The van der Waals surface area contributed by atoms with Gasteiger partial charge in [-0.05, 0) is 32.4 Å². The highest BCUT2D eigenvalue weighted by Gasteiger charge is 2.08. The van der Waals surface area contributed by atoms with Gasteiger partial charge in [0, 0.05) is 11.7 Å². The van der Waals surface area contributed by atoms with Crippen molar-refractivity contribution in [2.45, 2.75) is 39.7 Å². The van der Waals surface area contributed by atoms with Crippen molar-refractivity contribution in [3.63, 3.8) is 0 Å². The first-order valence-electron chi connectivity index (χ1n) is 6.28. The fraction of sp³-hybridized carbons (Fsp3) is 0.429. The smallest absolute Gasteiger partial charge is 0.319 e. The number of aryl methyl sites for hydroxylation is 1. The zero-order valence-corrected chi connectivity index (χ0v) is 11.2. The molecule has 0 aliphatic heterocycles. The summed E-state index contributed by atoms with van der Waals surface area (Å²) in [5.74, 6) is 0. The average Bonchev–Trinajstić information content (AvgIpc) is 2.33. The lowest BCUT2D eigenvalue weighted by Gasteiger charge is -2.14. The summed E-state index contributed by atoms with van der Waals surface area (Å²) in [6.45, 7) is 5.96. The second kappa shape index (κ2) is 7.48. The van der Waals surface area contributed by atoms with Crippen LogP contribution in [0.3, 0.4) is 0 Å². The maximum absolute atomic E-state index is 11.8. The molecule has 1 rings (SSSR count). The molecular weight excluding hydrogens is 226 g/mol. The third kappa shape index (κ3) is 4.99. The number of aromatic nitrogens is 1. The number of urea groups is 1. The van der Waals surface area contributed by atoms with E-state index in [1.54, 1.807) is 6.20 Å². The molecule has 18 heavy (non-hydrogen) atoms. The summed E-state index contributed by atoms with van der Waals surface area (Å²) in [7, 11) is 0. The zero-order valence-electron chi connectivity index (χ0n) is 11.2. The normalized spacial score (nSPS) is 12.4. The van der Waals surface area contributed by atoms with E-state index in [1.807, 2.05) is 38.1 Å². The quantitative estimate of drug-likeness (QED) is 0.785. The van der Waals surface area contributed by atoms with E-state index in [0.717, 1.165) is 18.5 Å². The first kappa shape index (κ1) is 14.2. The maximum Gasteiger partial charge on any atom is 0.319 e. The van der Waals surface area contributed by atoms with Gasteiger partial charge < -0.3 is 10.6 Å². The molecule has 0 saturated carbocycles. The van der Waals surface area contributed by atoms with Gasteiger partial charge in [-0.2, -0.15) is 0 Å². The molecule has 0 saturated heterocycles. The van der Waals surface area contributed by atoms with Gasteiger partial charge in [-0.3, -0.25) is 4.98 Å². The standard InChI is InChI=1S/C14H21N3O/c1-4-6-12(7-5-2)16-14(18)17-13-9-8-11(3)15-10-13/h4,6,8-10,12H,5,7H2,1-3H3,(H2,16,17,18). The number of allylic oxidation sites excluding steroid dienone is 1. The van der Waals surface area contributed by atoms with Crippen molar-refractivity contribution in [3.05, 3.63) is 36.2 Å². The Balaban J connectivity index is 2.51. The number of amides is 2. The number of anilines is 1. The number of hydrogen-bond donors (Lipinski definition) is 2. The summed E-state index contributed by atoms with van der Waals surface area (Å²) < 4.78 is 0. The lowest BCUT2D eigenvalue weighted by atomic mass is 10.1. The Labute approximate surface area is 109 Å². The van der Waals surface area contributed by atoms with Crippen molar-refractivity contribution in [2.75, 3.05) is 5.32 Å². The first-order chi connectivity index (χ1) is 8.65. The second-order valence-corrected chi connectivity index (χ2v) is 4.21. The molecule has 0 bridgehead atoms. The van der Waals surface area contributed by atoms with Gasteiger partial charge >= 0.3 is 6.03 Å². The minimum atomic E-state index is -0.197. The van der Waals surface area contributed by atoms with Gasteiger partial charge in [0.05, 0.1) is 11.9 Å². The molecule has 0 aliphatic carbocycles. The van der Waals surface area contributed by atoms with Crippen LogP contribution in [0.15, 0.2) is 30.5 Å². The third-order valence-electron chi connectivity index (χ3n) is 2.51. The molecule has 0 aliphatic rings. The van der Waals surface area contributed by atoms with Crippen LogP contribution < -0.4 is 10.6 Å². The van der Waals surface area contributed by atoms with E-state index < -0.39 is 0 Å². The highest BCUT2D eigenvalue weighted by atomic mass is 16.2. The van der Waals surface area contributed by atoms with Gasteiger partial charge in [0.2, 0.25) is 0 Å². The first-order valence-corrected chi connectivity index (χ1v) is 6.28. The van der Waals surface area contributed by atoms with Gasteiger partial charge in [-0.1, -0.05) is 25.5 Å². The fourth-order valence-electron chi connectivity index (χ4n) is 1.64. The molecule has 1 aromatic rings.